The van der Waals surface area contributed by atoms with Crippen molar-refractivity contribution in [3.05, 3.63) is 23.2 Å². The van der Waals surface area contributed by atoms with Crippen molar-refractivity contribution in [1.29, 1.82) is 0 Å². The van der Waals surface area contributed by atoms with E-state index < -0.39 is 8.32 Å². The summed E-state index contributed by atoms with van der Waals surface area (Å²) in [7, 11) is -1.83. The van der Waals surface area contributed by atoms with Crippen LogP contribution in [0.1, 0.15) is 20.8 Å². The highest BCUT2D eigenvalue weighted by Crippen LogP contribution is 2.38. The molecule has 1 N–H and O–H groups in total. The molecule has 0 aliphatic carbocycles. The van der Waals surface area contributed by atoms with Crippen LogP contribution in [0.3, 0.4) is 0 Å². The second kappa shape index (κ2) is 4.30. The Bertz CT molecular complexity index is 383. The lowest BCUT2D eigenvalue weighted by Gasteiger charge is -2.36. The Labute approximate surface area is 103 Å². The molecule has 1 aromatic carbocycles. The van der Waals surface area contributed by atoms with E-state index in [1.807, 2.05) is 0 Å². The van der Waals surface area contributed by atoms with Crippen LogP contribution in [0, 0.1) is 0 Å². The molecule has 0 spiro atoms. The molecule has 0 aliphatic heterocycles. The zero-order valence-electron chi connectivity index (χ0n) is 10.5. The van der Waals surface area contributed by atoms with Crippen LogP contribution in [0.4, 0.5) is 0 Å². The van der Waals surface area contributed by atoms with Gasteiger partial charge in [-0.3, -0.25) is 0 Å². The highest BCUT2D eigenvalue weighted by atomic mass is 35.5. The lowest BCUT2D eigenvalue weighted by Crippen LogP contribution is -2.43. The Hall–Kier alpha value is -0.673. The Kier molecular flexibility index (Phi) is 3.60. The van der Waals surface area contributed by atoms with Crippen LogP contribution in [-0.4, -0.2) is 13.4 Å². The van der Waals surface area contributed by atoms with Crippen molar-refractivity contribution in [1.82, 2.24) is 0 Å². The van der Waals surface area contributed by atoms with Gasteiger partial charge in [-0.05, 0) is 30.3 Å². The highest BCUT2D eigenvalue weighted by molar-refractivity contribution is 6.74. The Morgan fingerprint density at radius 3 is 2.25 bits per heavy atom. The van der Waals surface area contributed by atoms with Gasteiger partial charge in [0.25, 0.3) is 0 Å². The molecule has 16 heavy (non-hydrogen) atoms. The number of rotatable bonds is 2. The first-order chi connectivity index (χ1) is 7.13. The largest absolute Gasteiger partial charge is 0.543 e. The average Bonchev–Trinajstić information content (AvgIpc) is 2.09. The van der Waals surface area contributed by atoms with Crippen molar-refractivity contribution in [3.63, 3.8) is 0 Å². The maximum absolute atomic E-state index is 9.33. The van der Waals surface area contributed by atoms with Crippen molar-refractivity contribution in [2.45, 2.75) is 38.9 Å². The molecule has 0 amide bonds. The molecule has 1 rings (SSSR count). The second-order valence-electron chi connectivity index (χ2n) is 5.48. The molecule has 0 atom stereocenters. The number of hydrogen-bond acceptors (Lipinski definition) is 2. The van der Waals surface area contributed by atoms with Gasteiger partial charge in [0, 0.05) is 6.07 Å². The molecule has 0 aromatic heterocycles. The Balaban J connectivity index is 2.93. The standard InChI is InChI=1S/C12H19ClO2Si/c1-12(2,3)16(4,5)15-9-6-7-11(14)10(13)8-9/h6-8,14H,1-5H3. The second-order valence-corrected chi connectivity index (χ2v) is 10.6. The fraction of sp³-hybridized carbons (Fsp3) is 0.500. The van der Waals surface area contributed by atoms with Gasteiger partial charge >= 0.3 is 0 Å². The molecule has 0 heterocycles. The minimum atomic E-state index is -1.83. The van der Waals surface area contributed by atoms with Crippen molar-refractivity contribution in [2.24, 2.45) is 0 Å². The van der Waals surface area contributed by atoms with Crippen molar-refractivity contribution in [3.8, 4) is 11.5 Å². The monoisotopic (exact) mass is 258 g/mol. The fourth-order valence-electron chi connectivity index (χ4n) is 0.999. The minimum absolute atomic E-state index is 0.0873. The first-order valence-corrected chi connectivity index (χ1v) is 8.60. The van der Waals surface area contributed by atoms with E-state index in [1.54, 1.807) is 18.2 Å². The van der Waals surface area contributed by atoms with Gasteiger partial charge in [-0.15, -0.1) is 0 Å². The normalized spacial score (nSPS) is 12.6. The van der Waals surface area contributed by atoms with E-state index in [0.717, 1.165) is 5.75 Å². The number of benzene rings is 1. The Morgan fingerprint density at radius 2 is 1.81 bits per heavy atom. The maximum Gasteiger partial charge on any atom is 0.250 e. The number of phenols is 1. The third kappa shape index (κ3) is 2.92. The van der Waals surface area contributed by atoms with E-state index in [-0.39, 0.29) is 10.8 Å². The van der Waals surface area contributed by atoms with Gasteiger partial charge in [-0.2, -0.15) is 0 Å². The van der Waals surface area contributed by atoms with Crippen LogP contribution in [0.15, 0.2) is 18.2 Å². The Morgan fingerprint density at radius 1 is 1.25 bits per heavy atom. The zero-order chi connectivity index (χ0) is 12.6. The molecule has 2 nitrogen and oxygen atoms in total. The molecule has 1 aromatic rings. The number of hydrogen-bond donors (Lipinski definition) is 1. The molecule has 0 aliphatic rings. The SMILES string of the molecule is CC(C)(C)[Si](C)(C)Oc1ccc(O)c(Cl)c1. The molecule has 0 radical (unpaired) electrons. The van der Waals surface area contributed by atoms with Gasteiger partial charge in [-0.1, -0.05) is 32.4 Å². The van der Waals surface area contributed by atoms with E-state index >= 15 is 0 Å². The van der Waals surface area contributed by atoms with E-state index in [0.29, 0.717) is 5.02 Å². The third-order valence-corrected chi connectivity index (χ3v) is 7.76. The molecule has 4 heteroatoms. The average molecular weight is 259 g/mol. The summed E-state index contributed by atoms with van der Waals surface area (Å²) in [6.07, 6.45) is 0. The van der Waals surface area contributed by atoms with Crippen molar-refractivity contribution in [2.75, 3.05) is 0 Å². The number of phenolic OH excluding ortho intramolecular Hbond substituents is 1. The van der Waals surface area contributed by atoms with Gasteiger partial charge in [0.2, 0.25) is 8.32 Å². The molecule has 0 fully saturated rings. The van der Waals surface area contributed by atoms with E-state index in [4.69, 9.17) is 16.0 Å². The van der Waals surface area contributed by atoms with Gasteiger partial charge in [-0.25, -0.2) is 0 Å². The quantitative estimate of drug-likeness (QED) is 0.796. The van der Waals surface area contributed by atoms with Crippen LogP contribution in [0.25, 0.3) is 0 Å². The molecule has 0 saturated heterocycles. The topological polar surface area (TPSA) is 29.5 Å². The summed E-state index contributed by atoms with van der Waals surface area (Å²) in [5, 5.41) is 9.81. The van der Waals surface area contributed by atoms with Crippen LogP contribution in [0.5, 0.6) is 11.5 Å². The first-order valence-electron chi connectivity index (χ1n) is 5.31. The zero-order valence-corrected chi connectivity index (χ0v) is 12.2. The fourth-order valence-corrected chi connectivity index (χ4v) is 2.19. The minimum Gasteiger partial charge on any atom is -0.543 e. The summed E-state index contributed by atoms with van der Waals surface area (Å²) in [4.78, 5) is 0. The third-order valence-electron chi connectivity index (χ3n) is 3.10. The lowest BCUT2D eigenvalue weighted by molar-refractivity contribution is 0.469. The van der Waals surface area contributed by atoms with Gasteiger partial charge in [0.15, 0.2) is 0 Å². The van der Waals surface area contributed by atoms with Crippen LogP contribution in [0.2, 0.25) is 23.2 Å². The van der Waals surface area contributed by atoms with Crippen LogP contribution in [-0.2, 0) is 0 Å². The number of aromatic hydroxyl groups is 1. The summed E-state index contributed by atoms with van der Waals surface area (Å²) < 4.78 is 6.05. The van der Waals surface area contributed by atoms with Gasteiger partial charge in [0.05, 0.1) is 5.02 Å². The molecular formula is C12H19ClO2Si. The van der Waals surface area contributed by atoms with E-state index in [1.165, 1.54) is 0 Å². The summed E-state index contributed by atoms with van der Waals surface area (Å²) in [5.41, 5.74) is 0. The molecule has 90 valence electrons. The van der Waals surface area contributed by atoms with Crippen molar-refractivity contribution < 1.29 is 9.53 Å². The predicted molar refractivity (Wildman–Crippen MR) is 70.9 cm³/mol. The molecular weight excluding hydrogens is 240 g/mol. The summed E-state index contributed by atoms with van der Waals surface area (Å²) in [5.74, 6) is 0.818. The van der Waals surface area contributed by atoms with Gasteiger partial charge in [0.1, 0.15) is 11.5 Å². The number of halogens is 1. The predicted octanol–water partition coefficient (Wildman–Crippen LogP) is 4.43. The van der Waals surface area contributed by atoms with Crippen molar-refractivity contribution >= 4 is 19.9 Å². The first kappa shape index (κ1) is 13.4. The maximum atomic E-state index is 9.33. The van der Waals surface area contributed by atoms with Crippen LogP contribution >= 0.6 is 11.6 Å². The van der Waals surface area contributed by atoms with Gasteiger partial charge < -0.3 is 9.53 Å². The molecule has 0 saturated carbocycles. The summed E-state index contributed by atoms with van der Waals surface area (Å²) in [6, 6.07) is 4.98. The smallest absolute Gasteiger partial charge is 0.250 e. The molecule has 0 unspecified atom stereocenters. The van der Waals surface area contributed by atoms with E-state index in [9.17, 15) is 5.11 Å². The van der Waals surface area contributed by atoms with E-state index in [2.05, 4.69) is 33.9 Å². The highest BCUT2D eigenvalue weighted by Gasteiger charge is 2.38. The van der Waals surface area contributed by atoms with Crippen LogP contribution < -0.4 is 4.43 Å². The lowest BCUT2D eigenvalue weighted by atomic mass is 10.2. The molecule has 0 bridgehead atoms. The summed E-state index contributed by atoms with van der Waals surface area (Å²) >= 11 is 5.84. The summed E-state index contributed by atoms with van der Waals surface area (Å²) in [6.45, 7) is 10.9.